The Balaban J connectivity index is 0. The van der Waals surface area contributed by atoms with Gasteiger partial charge in [-0.2, -0.15) is 0 Å². The summed E-state index contributed by atoms with van der Waals surface area (Å²) in [7, 11) is 0. The van der Waals surface area contributed by atoms with E-state index in [0.717, 1.165) is 19.3 Å². The van der Waals surface area contributed by atoms with Crippen LogP contribution in [0.25, 0.3) is 0 Å². The number of carboxylic acids is 1. The van der Waals surface area contributed by atoms with E-state index in [1.807, 2.05) is 13.8 Å². The Morgan fingerprint density at radius 2 is 1.30 bits per heavy atom. The van der Waals surface area contributed by atoms with E-state index in [0.29, 0.717) is 0 Å². The summed E-state index contributed by atoms with van der Waals surface area (Å²) in [5.41, 5.74) is -0.591. The Morgan fingerprint density at radius 1 is 0.870 bits per heavy atom. The van der Waals surface area contributed by atoms with Gasteiger partial charge in [0.15, 0.2) is 0 Å². The third-order valence-corrected chi connectivity index (χ3v) is 3.81. The molecule has 0 N–H and O–H groups in total. The summed E-state index contributed by atoms with van der Waals surface area (Å²) >= 11 is 0. The molecule has 0 aliphatic heterocycles. The number of hydrogen-bond acceptors (Lipinski definition) is 4. The number of unbranched alkanes of at least 4 members (excludes halogenated alkanes) is 9. The molecular weight excluding hydrogens is 303 g/mol. The number of rotatable bonds is 14. The Labute approximate surface area is 164 Å². The first-order valence-electron chi connectivity index (χ1n) is 8.79. The fraction of sp³-hybridized carbons (Fsp3) is 0.889. The number of aliphatic carboxylic acids is 1. The van der Waals surface area contributed by atoms with E-state index in [1.54, 1.807) is 0 Å². The van der Waals surface area contributed by atoms with Gasteiger partial charge in [0.05, 0.1) is 12.4 Å². The van der Waals surface area contributed by atoms with Crippen molar-refractivity contribution < 1.29 is 49.0 Å². The largest absolute Gasteiger partial charge is 1.00 e. The second kappa shape index (κ2) is 15.5. The van der Waals surface area contributed by atoms with Gasteiger partial charge in [-0.25, -0.2) is 0 Å². The fourth-order valence-electron chi connectivity index (χ4n) is 2.55. The van der Waals surface area contributed by atoms with Crippen LogP contribution in [-0.2, 0) is 14.3 Å². The van der Waals surface area contributed by atoms with E-state index in [-0.39, 0.29) is 29.6 Å². The zero-order valence-corrected chi connectivity index (χ0v) is 17.6. The Morgan fingerprint density at radius 3 is 1.74 bits per heavy atom. The molecule has 0 fully saturated rings. The number of carbonyl (C=O) groups excluding carboxylic acids is 2. The van der Waals surface area contributed by atoms with Crippen LogP contribution in [0, 0.1) is 0 Å². The van der Waals surface area contributed by atoms with Crippen LogP contribution in [0.5, 0.6) is 0 Å². The van der Waals surface area contributed by atoms with Gasteiger partial charge in [0.1, 0.15) is 5.60 Å². The van der Waals surface area contributed by atoms with E-state index in [1.165, 1.54) is 51.4 Å². The van der Waals surface area contributed by atoms with E-state index in [2.05, 4.69) is 6.92 Å². The molecular formula is C18H33NaO4. The summed E-state index contributed by atoms with van der Waals surface area (Å²) in [6.45, 7) is 5.89. The summed E-state index contributed by atoms with van der Waals surface area (Å²) < 4.78 is 5.17. The van der Waals surface area contributed by atoms with Gasteiger partial charge in [-0.15, -0.1) is 0 Å². The van der Waals surface area contributed by atoms with Crippen LogP contribution >= 0.6 is 0 Å². The van der Waals surface area contributed by atoms with Crippen molar-refractivity contribution in [3.8, 4) is 0 Å². The predicted molar refractivity (Wildman–Crippen MR) is 86.3 cm³/mol. The molecule has 0 unspecified atom stereocenters. The average molecular weight is 336 g/mol. The quantitative estimate of drug-likeness (QED) is 0.203. The Hall–Kier alpha value is -0.0600. The van der Waals surface area contributed by atoms with Gasteiger partial charge in [0, 0.05) is 0 Å². The molecule has 0 aliphatic carbocycles. The molecule has 0 aromatic carbocycles. The maximum absolute atomic E-state index is 11.3. The number of carbonyl (C=O) groups is 2. The molecule has 0 aromatic heterocycles. The SMILES string of the molecule is CCCCCCCCCCCCC(C)(C)OC(=O)CC(=O)[O-].[Na+]. The third-order valence-electron chi connectivity index (χ3n) is 3.81. The van der Waals surface area contributed by atoms with Crippen molar-refractivity contribution in [1.82, 2.24) is 0 Å². The summed E-state index contributed by atoms with van der Waals surface area (Å²) in [5.74, 6) is -2.10. The van der Waals surface area contributed by atoms with Crippen molar-refractivity contribution >= 4 is 11.9 Å². The van der Waals surface area contributed by atoms with E-state index in [4.69, 9.17) is 4.74 Å². The van der Waals surface area contributed by atoms with Crippen LogP contribution in [0.15, 0.2) is 0 Å². The maximum atomic E-state index is 11.3. The zero-order chi connectivity index (χ0) is 16.8. The molecule has 130 valence electrons. The topological polar surface area (TPSA) is 66.4 Å². The maximum Gasteiger partial charge on any atom is 1.00 e. The van der Waals surface area contributed by atoms with Crippen molar-refractivity contribution in [2.45, 2.75) is 103 Å². The first kappa shape index (κ1) is 25.2. The van der Waals surface area contributed by atoms with Gasteiger partial charge in [0.25, 0.3) is 0 Å². The molecule has 0 spiro atoms. The summed E-state index contributed by atoms with van der Waals surface area (Å²) in [6, 6.07) is 0. The van der Waals surface area contributed by atoms with Crippen molar-refractivity contribution in [3.63, 3.8) is 0 Å². The summed E-state index contributed by atoms with van der Waals surface area (Å²) in [5, 5.41) is 10.3. The standard InChI is InChI=1S/C18H34O4.Na/c1-4-5-6-7-8-9-10-11-12-13-14-18(2,3)22-17(21)15-16(19)20;/h4-15H2,1-3H3,(H,19,20);/q;+1/p-1. The molecule has 0 rings (SSSR count). The predicted octanol–water partition coefficient (Wildman–Crippen LogP) is 0.763. The molecule has 23 heavy (non-hydrogen) atoms. The van der Waals surface area contributed by atoms with Crippen LogP contribution in [0.1, 0.15) is 97.8 Å². The molecule has 0 aliphatic rings. The molecule has 0 saturated carbocycles. The van der Waals surface area contributed by atoms with Crippen LogP contribution in [-0.4, -0.2) is 17.5 Å². The fourth-order valence-corrected chi connectivity index (χ4v) is 2.55. The first-order chi connectivity index (χ1) is 10.4. The smallest absolute Gasteiger partial charge is 0.550 e. The molecule has 0 bridgehead atoms. The monoisotopic (exact) mass is 336 g/mol. The molecule has 0 amide bonds. The molecule has 0 radical (unpaired) electrons. The van der Waals surface area contributed by atoms with Crippen molar-refractivity contribution in [2.75, 3.05) is 0 Å². The van der Waals surface area contributed by atoms with Crippen molar-refractivity contribution in [3.05, 3.63) is 0 Å². The van der Waals surface area contributed by atoms with Crippen molar-refractivity contribution in [2.24, 2.45) is 0 Å². The van der Waals surface area contributed by atoms with Crippen LogP contribution in [0.2, 0.25) is 0 Å². The molecule has 0 aromatic rings. The third kappa shape index (κ3) is 18.1. The number of carboxylic acid groups (broad SMARTS) is 1. The minimum Gasteiger partial charge on any atom is -0.550 e. The molecule has 0 atom stereocenters. The van der Waals surface area contributed by atoms with Gasteiger partial charge in [-0.1, -0.05) is 64.7 Å². The Bertz CT molecular complexity index is 316. The molecule has 4 nitrogen and oxygen atoms in total. The van der Waals surface area contributed by atoms with E-state index < -0.39 is 24.0 Å². The minimum atomic E-state index is -1.39. The van der Waals surface area contributed by atoms with Gasteiger partial charge in [-0.3, -0.25) is 4.79 Å². The molecule has 0 saturated heterocycles. The number of ether oxygens (including phenoxy) is 1. The molecule has 5 heteroatoms. The normalized spacial score (nSPS) is 10.9. The zero-order valence-electron chi connectivity index (χ0n) is 15.6. The summed E-state index contributed by atoms with van der Waals surface area (Å²) in [4.78, 5) is 21.6. The first-order valence-corrected chi connectivity index (χ1v) is 8.79. The second-order valence-electron chi connectivity index (χ2n) is 6.71. The van der Waals surface area contributed by atoms with Crippen LogP contribution < -0.4 is 34.7 Å². The summed E-state index contributed by atoms with van der Waals surface area (Å²) in [6.07, 6.45) is 12.8. The number of hydrogen-bond donors (Lipinski definition) is 0. The second-order valence-corrected chi connectivity index (χ2v) is 6.71. The van der Waals surface area contributed by atoms with E-state index >= 15 is 0 Å². The van der Waals surface area contributed by atoms with Gasteiger partial charge in [0.2, 0.25) is 0 Å². The Kier molecular flexibility index (Phi) is 16.9. The number of esters is 1. The van der Waals surface area contributed by atoms with Gasteiger partial charge >= 0.3 is 35.5 Å². The molecule has 0 heterocycles. The van der Waals surface area contributed by atoms with Crippen molar-refractivity contribution in [1.29, 1.82) is 0 Å². The van der Waals surface area contributed by atoms with Gasteiger partial charge < -0.3 is 14.6 Å². The van der Waals surface area contributed by atoms with Gasteiger partial charge in [-0.05, 0) is 26.7 Å². The van der Waals surface area contributed by atoms with Crippen LogP contribution in [0.3, 0.4) is 0 Å². The average Bonchev–Trinajstić information content (AvgIpc) is 2.39. The van der Waals surface area contributed by atoms with Crippen LogP contribution in [0.4, 0.5) is 0 Å². The van der Waals surface area contributed by atoms with E-state index in [9.17, 15) is 14.7 Å². The minimum absolute atomic E-state index is 0.